The highest BCUT2D eigenvalue weighted by molar-refractivity contribution is 5.81. The fourth-order valence-corrected chi connectivity index (χ4v) is 2.82. The number of aromatic nitrogens is 2. The second-order valence-corrected chi connectivity index (χ2v) is 5.78. The number of rotatable bonds is 3. The quantitative estimate of drug-likeness (QED) is 0.557. The molecule has 0 aliphatic carbocycles. The van der Waals surface area contributed by atoms with Crippen LogP contribution in [0, 0.1) is 6.92 Å². The number of benzene rings is 2. The normalized spacial score (nSPS) is 10.8. The van der Waals surface area contributed by atoms with Crippen LogP contribution in [0.3, 0.4) is 0 Å². The standard InChI is InChI=1S/C21H16N2O2/c1-15-12-19-18(14-22-15)20(24)13-21(25-17-10-6-3-7-11-17)23(19)16-8-4-2-5-9-16/h2-14H,1H3. The van der Waals surface area contributed by atoms with Crippen LogP contribution in [0.15, 0.2) is 83.8 Å². The summed E-state index contributed by atoms with van der Waals surface area (Å²) in [4.78, 5) is 16.8. The molecule has 0 N–H and O–H groups in total. The molecule has 4 nitrogen and oxygen atoms in total. The molecule has 0 aliphatic heterocycles. The highest BCUT2D eigenvalue weighted by Crippen LogP contribution is 2.27. The summed E-state index contributed by atoms with van der Waals surface area (Å²) in [6.45, 7) is 1.91. The smallest absolute Gasteiger partial charge is 0.208 e. The third-order valence-corrected chi connectivity index (χ3v) is 3.98. The molecule has 0 aliphatic rings. The Kier molecular flexibility index (Phi) is 3.78. The van der Waals surface area contributed by atoms with Gasteiger partial charge in [-0.25, -0.2) is 0 Å². The highest BCUT2D eigenvalue weighted by Gasteiger charge is 2.13. The van der Waals surface area contributed by atoms with Crippen molar-refractivity contribution in [1.82, 2.24) is 9.55 Å². The third kappa shape index (κ3) is 2.90. The molecule has 4 aromatic rings. The second-order valence-electron chi connectivity index (χ2n) is 5.78. The molecule has 0 saturated carbocycles. The van der Waals surface area contributed by atoms with Gasteiger partial charge < -0.3 is 4.74 Å². The first-order valence-corrected chi connectivity index (χ1v) is 8.03. The minimum atomic E-state index is -0.111. The first-order valence-electron chi connectivity index (χ1n) is 8.03. The lowest BCUT2D eigenvalue weighted by molar-refractivity contribution is 0.452. The molecule has 0 saturated heterocycles. The summed E-state index contributed by atoms with van der Waals surface area (Å²) in [5.74, 6) is 1.15. The first kappa shape index (κ1) is 15.1. The van der Waals surface area contributed by atoms with Gasteiger partial charge in [-0.2, -0.15) is 0 Å². The van der Waals surface area contributed by atoms with Crippen LogP contribution in [-0.2, 0) is 0 Å². The van der Waals surface area contributed by atoms with Crippen LogP contribution in [0.4, 0.5) is 0 Å². The predicted molar refractivity (Wildman–Crippen MR) is 98.6 cm³/mol. The maximum atomic E-state index is 12.6. The topological polar surface area (TPSA) is 44.1 Å². The second kappa shape index (κ2) is 6.24. The molecular formula is C21H16N2O2. The average Bonchev–Trinajstić information content (AvgIpc) is 2.63. The monoisotopic (exact) mass is 328 g/mol. The van der Waals surface area contributed by atoms with Crippen molar-refractivity contribution >= 4 is 10.9 Å². The number of hydrogen-bond donors (Lipinski definition) is 0. The molecule has 4 rings (SSSR count). The number of hydrogen-bond acceptors (Lipinski definition) is 3. The summed E-state index contributed by atoms with van der Waals surface area (Å²) in [6, 6.07) is 22.7. The van der Waals surface area contributed by atoms with Crippen LogP contribution in [0.25, 0.3) is 16.6 Å². The van der Waals surface area contributed by atoms with Crippen LogP contribution < -0.4 is 10.2 Å². The van der Waals surface area contributed by atoms with Gasteiger partial charge >= 0.3 is 0 Å². The molecule has 4 heteroatoms. The lowest BCUT2D eigenvalue weighted by atomic mass is 10.2. The Morgan fingerprint density at radius 1 is 0.920 bits per heavy atom. The molecule has 25 heavy (non-hydrogen) atoms. The van der Waals surface area contributed by atoms with Gasteiger partial charge in [0.05, 0.1) is 10.9 Å². The van der Waals surface area contributed by atoms with Gasteiger partial charge in [0.2, 0.25) is 5.88 Å². The van der Waals surface area contributed by atoms with Gasteiger partial charge in [-0.3, -0.25) is 14.3 Å². The first-order chi connectivity index (χ1) is 12.2. The Bertz CT molecular complexity index is 1090. The summed E-state index contributed by atoms with van der Waals surface area (Å²) >= 11 is 0. The molecule has 0 amide bonds. The van der Waals surface area contributed by atoms with Gasteiger partial charge in [-0.05, 0) is 37.3 Å². The van der Waals surface area contributed by atoms with E-state index in [2.05, 4.69) is 4.98 Å². The van der Waals surface area contributed by atoms with Crippen molar-refractivity contribution in [2.75, 3.05) is 0 Å². The lowest BCUT2D eigenvalue weighted by Gasteiger charge is -2.17. The van der Waals surface area contributed by atoms with E-state index in [0.717, 1.165) is 16.9 Å². The number of nitrogens with zero attached hydrogens (tertiary/aromatic N) is 2. The van der Waals surface area contributed by atoms with Crippen molar-refractivity contribution in [3.05, 3.63) is 94.9 Å². The van der Waals surface area contributed by atoms with E-state index in [1.165, 1.54) is 6.07 Å². The summed E-state index contributed by atoms with van der Waals surface area (Å²) in [6.07, 6.45) is 1.62. The van der Waals surface area contributed by atoms with E-state index in [0.29, 0.717) is 17.0 Å². The maximum Gasteiger partial charge on any atom is 0.208 e. The minimum Gasteiger partial charge on any atom is -0.440 e. The molecule has 0 atom stereocenters. The molecule has 0 unspecified atom stereocenters. The average molecular weight is 328 g/mol. The van der Waals surface area contributed by atoms with Crippen molar-refractivity contribution in [2.45, 2.75) is 6.92 Å². The summed E-state index contributed by atoms with van der Waals surface area (Å²) < 4.78 is 7.98. The number of aryl methyl sites for hydroxylation is 1. The molecule has 0 radical (unpaired) electrons. The van der Waals surface area contributed by atoms with Crippen LogP contribution in [0.1, 0.15) is 5.69 Å². The van der Waals surface area contributed by atoms with Crippen LogP contribution in [0.2, 0.25) is 0 Å². The van der Waals surface area contributed by atoms with Crippen LogP contribution in [-0.4, -0.2) is 9.55 Å². The fraction of sp³-hybridized carbons (Fsp3) is 0.0476. The Hall–Kier alpha value is -3.40. The predicted octanol–water partition coefficient (Wildman–Crippen LogP) is 4.49. The van der Waals surface area contributed by atoms with E-state index in [-0.39, 0.29) is 5.43 Å². The molecule has 2 aromatic carbocycles. The lowest BCUT2D eigenvalue weighted by Crippen LogP contribution is -2.11. The van der Waals surface area contributed by atoms with Gasteiger partial charge in [0.15, 0.2) is 5.43 Å². The van der Waals surface area contributed by atoms with Gasteiger partial charge in [0.1, 0.15) is 5.75 Å². The SMILES string of the molecule is Cc1cc2c(cn1)c(=O)cc(Oc1ccccc1)n2-c1ccccc1. The van der Waals surface area contributed by atoms with Crippen LogP contribution >= 0.6 is 0 Å². The minimum absolute atomic E-state index is 0.111. The van der Waals surface area contributed by atoms with Crippen molar-refractivity contribution < 1.29 is 4.74 Å². The largest absolute Gasteiger partial charge is 0.440 e. The zero-order valence-corrected chi connectivity index (χ0v) is 13.7. The summed E-state index contributed by atoms with van der Waals surface area (Å²) in [5.41, 5.74) is 2.43. The summed E-state index contributed by atoms with van der Waals surface area (Å²) in [5, 5.41) is 0.565. The number of fused-ring (bicyclic) bond motifs is 1. The number of pyridine rings is 2. The van der Waals surface area contributed by atoms with Gasteiger partial charge in [-0.15, -0.1) is 0 Å². The molecule has 0 fully saturated rings. The van der Waals surface area contributed by atoms with Crippen molar-refractivity contribution in [3.8, 4) is 17.3 Å². The van der Waals surface area contributed by atoms with E-state index >= 15 is 0 Å². The number of para-hydroxylation sites is 2. The Morgan fingerprint density at radius 2 is 1.60 bits per heavy atom. The molecule has 0 spiro atoms. The molecule has 0 bridgehead atoms. The number of ether oxygens (including phenoxy) is 1. The van der Waals surface area contributed by atoms with E-state index in [1.54, 1.807) is 6.20 Å². The van der Waals surface area contributed by atoms with Gasteiger partial charge in [0.25, 0.3) is 0 Å². The molecule has 2 heterocycles. The highest BCUT2D eigenvalue weighted by atomic mass is 16.5. The van der Waals surface area contributed by atoms with Crippen molar-refractivity contribution in [2.24, 2.45) is 0 Å². The van der Waals surface area contributed by atoms with E-state index in [1.807, 2.05) is 78.2 Å². The zero-order chi connectivity index (χ0) is 17.2. The van der Waals surface area contributed by atoms with E-state index < -0.39 is 0 Å². The third-order valence-electron chi connectivity index (χ3n) is 3.98. The molecule has 122 valence electrons. The van der Waals surface area contributed by atoms with Gasteiger partial charge in [0, 0.05) is 23.6 Å². The van der Waals surface area contributed by atoms with Crippen molar-refractivity contribution in [1.29, 1.82) is 0 Å². The van der Waals surface area contributed by atoms with E-state index in [4.69, 9.17) is 4.74 Å². The maximum absolute atomic E-state index is 12.6. The molecular weight excluding hydrogens is 312 g/mol. The van der Waals surface area contributed by atoms with Crippen LogP contribution in [0.5, 0.6) is 11.6 Å². The Labute approximate surface area is 145 Å². The van der Waals surface area contributed by atoms with E-state index in [9.17, 15) is 4.79 Å². The van der Waals surface area contributed by atoms with Gasteiger partial charge in [-0.1, -0.05) is 36.4 Å². The fourth-order valence-electron chi connectivity index (χ4n) is 2.82. The summed E-state index contributed by atoms with van der Waals surface area (Å²) in [7, 11) is 0. The van der Waals surface area contributed by atoms with Crippen molar-refractivity contribution in [3.63, 3.8) is 0 Å². The Morgan fingerprint density at radius 3 is 2.32 bits per heavy atom. The Balaban J connectivity index is 2.03. The zero-order valence-electron chi connectivity index (χ0n) is 13.7. The molecule has 2 aromatic heterocycles.